The van der Waals surface area contributed by atoms with Crippen LogP contribution in [0.15, 0.2) is 0 Å². The molecule has 1 N–H and O–H groups in total. The Morgan fingerprint density at radius 3 is 2.90 bits per heavy atom. The Balaban J connectivity index is 1.67. The summed E-state index contributed by atoms with van der Waals surface area (Å²) in [6.45, 7) is 11.6. The Labute approximate surface area is 127 Å². The highest BCUT2D eigenvalue weighted by Crippen LogP contribution is 2.14. The number of likely N-dealkylation sites (N-methyl/N-ethyl adjacent to an activating group) is 1. The summed E-state index contributed by atoms with van der Waals surface area (Å²) >= 11 is 0. The van der Waals surface area contributed by atoms with Gasteiger partial charge in [0, 0.05) is 26.2 Å². The van der Waals surface area contributed by atoms with E-state index in [1.165, 1.54) is 0 Å². The van der Waals surface area contributed by atoms with Gasteiger partial charge in [-0.05, 0) is 19.5 Å². The highest BCUT2D eigenvalue weighted by atomic mass is 16.5. The molecule has 0 radical (unpaired) electrons. The van der Waals surface area contributed by atoms with Crippen molar-refractivity contribution < 1.29 is 14.3 Å². The van der Waals surface area contributed by atoms with E-state index in [1.807, 2.05) is 4.90 Å². The van der Waals surface area contributed by atoms with Crippen molar-refractivity contribution in [1.82, 2.24) is 15.1 Å². The lowest BCUT2D eigenvalue weighted by atomic mass is 10.2. The largest absolute Gasteiger partial charge is 0.378 e. The molecule has 2 heterocycles. The number of ether oxygens (including phenoxy) is 2. The summed E-state index contributed by atoms with van der Waals surface area (Å²) in [5.74, 6) is 0.157. The van der Waals surface area contributed by atoms with Gasteiger partial charge >= 0.3 is 0 Å². The summed E-state index contributed by atoms with van der Waals surface area (Å²) in [6, 6.07) is -0.173. The van der Waals surface area contributed by atoms with Crippen LogP contribution in [-0.2, 0) is 14.3 Å². The van der Waals surface area contributed by atoms with Crippen LogP contribution in [0.1, 0.15) is 20.3 Å². The lowest BCUT2D eigenvalue weighted by Crippen LogP contribution is -2.52. The quantitative estimate of drug-likeness (QED) is 0.713. The minimum Gasteiger partial charge on any atom is -0.378 e. The van der Waals surface area contributed by atoms with E-state index < -0.39 is 0 Å². The number of rotatable bonds is 7. The lowest BCUT2D eigenvalue weighted by molar-refractivity contribution is -0.135. The monoisotopic (exact) mass is 299 g/mol. The fraction of sp³-hybridized carbons (Fsp3) is 0.933. The second-order valence-corrected chi connectivity index (χ2v) is 5.67. The first-order chi connectivity index (χ1) is 10.2. The average molecular weight is 299 g/mol. The number of amides is 1. The van der Waals surface area contributed by atoms with Gasteiger partial charge in [-0.3, -0.25) is 4.79 Å². The molecule has 2 rings (SSSR count). The summed E-state index contributed by atoms with van der Waals surface area (Å²) in [4.78, 5) is 16.6. The van der Waals surface area contributed by atoms with Crippen LogP contribution in [0.5, 0.6) is 0 Å². The number of carbonyl (C=O) groups is 1. The Hall–Kier alpha value is -0.690. The average Bonchev–Trinajstić information content (AvgIpc) is 3.00. The number of nitrogens with one attached hydrogen (secondary N) is 1. The van der Waals surface area contributed by atoms with E-state index in [0.29, 0.717) is 13.2 Å². The van der Waals surface area contributed by atoms with E-state index in [2.05, 4.69) is 24.1 Å². The van der Waals surface area contributed by atoms with Gasteiger partial charge in [-0.2, -0.15) is 0 Å². The van der Waals surface area contributed by atoms with Crippen molar-refractivity contribution in [3.8, 4) is 0 Å². The van der Waals surface area contributed by atoms with Gasteiger partial charge < -0.3 is 24.6 Å². The van der Waals surface area contributed by atoms with E-state index >= 15 is 0 Å². The molecule has 0 saturated carbocycles. The lowest BCUT2D eigenvalue weighted by Gasteiger charge is -2.27. The third-order valence-corrected chi connectivity index (χ3v) is 4.33. The SMILES string of the molecule is CCN(CC)CCOC1CCN(C(=O)C2COCCN2)C1. The van der Waals surface area contributed by atoms with Gasteiger partial charge in [0.25, 0.3) is 0 Å². The predicted octanol–water partition coefficient (Wildman–Crippen LogP) is -0.0659. The molecule has 2 saturated heterocycles. The second kappa shape index (κ2) is 8.68. The number of likely N-dealkylation sites (tertiary alicyclic amines) is 1. The normalized spacial score (nSPS) is 26.5. The van der Waals surface area contributed by atoms with Crippen molar-refractivity contribution in [3.05, 3.63) is 0 Å². The number of morpholine rings is 1. The van der Waals surface area contributed by atoms with Crippen molar-refractivity contribution in [2.45, 2.75) is 32.4 Å². The first-order valence-electron chi connectivity index (χ1n) is 8.18. The van der Waals surface area contributed by atoms with E-state index in [1.54, 1.807) is 0 Å². The third-order valence-electron chi connectivity index (χ3n) is 4.33. The second-order valence-electron chi connectivity index (χ2n) is 5.67. The van der Waals surface area contributed by atoms with Crippen LogP contribution in [-0.4, -0.2) is 86.9 Å². The predicted molar refractivity (Wildman–Crippen MR) is 81.3 cm³/mol. The zero-order chi connectivity index (χ0) is 15.1. The molecule has 0 bridgehead atoms. The van der Waals surface area contributed by atoms with Gasteiger partial charge in [0.05, 0.1) is 25.9 Å². The van der Waals surface area contributed by atoms with Gasteiger partial charge in [0.15, 0.2) is 0 Å². The van der Waals surface area contributed by atoms with Crippen LogP contribution >= 0.6 is 0 Å². The molecule has 0 aromatic carbocycles. The zero-order valence-electron chi connectivity index (χ0n) is 13.3. The Bertz CT molecular complexity index is 317. The Kier molecular flexibility index (Phi) is 6.89. The maximum absolute atomic E-state index is 12.3. The fourth-order valence-electron chi connectivity index (χ4n) is 2.90. The van der Waals surface area contributed by atoms with Crippen LogP contribution < -0.4 is 5.32 Å². The zero-order valence-corrected chi connectivity index (χ0v) is 13.3. The summed E-state index contributed by atoms with van der Waals surface area (Å²) in [5, 5.41) is 3.22. The van der Waals surface area contributed by atoms with Crippen LogP contribution in [0.2, 0.25) is 0 Å². The molecule has 122 valence electrons. The smallest absolute Gasteiger partial charge is 0.242 e. The van der Waals surface area contributed by atoms with Gasteiger partial charge in [-0.25, -0.2) is 0 Å². The maximum atomic E-state index is 12.3. The van der Waals surface area contributed by atoms with Gasteiger partial charge in [-0.1, -0.05) is 13.8 Å². The number of hydrogen-bond donors (Lipinski definition) is 1. The van der Waals surface area contributed by atoms with Crippen molar-refractivity contribution in [3.63, 3.8) is 0 Å². The minimum absolute atomic E-state index is 0.157. The molecule has 0 spiro atoms. The fourth-order valence-corrected chi connectivity index (χ4v) is 2.90. The number of carbonyl (C=O) groups excluding carboxylic acids is 1. The first-order valence-corrected chi connectivity index (χ1v) is 8.18. The summed E-state index contributed by atoms with van der Waals surface area (Å²) in [5.41, 5.74) is 0. The summed E-state index contributed by atoms with van der Waals surface area (Å²) in [7, 11) is 0. The molecule has 1 amide bonds. The summed E-state index contributed by atoms with van der Waals surface area (Å²) in [6.07, 6.45) is 1.13. The minimum atomic E-state index is -0.173. The molecule has 2 atom stereocenters. The van der Waals surface area contributed by atoms with Crippen molar-refractivity contribution in [2.24, 2.45) is 0 Å². The molecule has 0 aliphatic carbocycles. The van der Waals surface area contributed by atoms with Crippen LogP contribution in [0.4, 0.5) is 0 Å². The Morgan fingerprint density at radius 2 is 2.24 bits per heavy atom. The van der Waals surface area contributed by atoms with Gasteiger partial charge in [-0.15, -0.1) is 0 Å². The van der Waals surface area contributed by atoms with Crippen LogP contribution in [0.3, 0.4) is 0 Å². The number of nitrogens with zero attached hydrogens (tertiary/aromatic N) is 2. The maximum Gasteiger partial charge on any atom is 0.242 e. The molecule has 2 aliphatic heterocycles. The van der Waals surface area contributed by atoms with Crippen molar-refractivity contribution in [1.29, 1.82) is 0 Å². The first kappa shape index (κ1) is 16.7. The molecule has 0 aromatic rings. The molecule has 6 nitrogen and oxygen atoms in total. The highest BCUT2D eigenvalue weighted by Gasteiger charge is 2.32. The van der Waals surface area contributed by atoms with Crippen molar-refractivity contribution >= 4 is 5.91 Å². The van der Waals surface area contributed by atoms with Crippen molar-refractivity contribution in [2.75, 3.05) is 59.1 Å². The van der Waals surface area contributed by atoms with E-state index in [4.69, 9.17) is 9.47 Å². The van der Waals surface area contributed by atoms with Gasteiger partial charge in [0.1, 0.15) is 6.04 Å². The molecule has 2 unspecified atom stereocenters. The van der Waals surface area contributed by atoms with Crippen LogP contribution in [0.25, 0.3) is 0 Å². The molecule has 2 aliphatic rings. The third kappa shape index (κ3) is 4.92. The molecule has 6 heteroatoms. The molecule has 0 aromatic heterocycles. The standard InChI is InChI=1S/C15H29N3O3/c1-3-17(4-2)8-10-21-13-5-7-18(11-13)15(19)14-12-20-9-6-16-14/h13-14,16H,3-12H2,1-2H3. The molecule has 2 fully saturated rings. The number of hydrogen-bond acceptors (Lipinski definition) is 5. The molecular formula is C15H29N3O3. The highest BCUT2D eigenvalue weighted by molar-refractivity contribution is 5.82. The Morgan fingerprint density at radius 1 is 1.43 bits per heavy atom. The van der Waals surface area contributed by atoms with E-state index in [0.717, 1.165) is 52.3 Å². The summed E-state index contributed by atoms with van der Waals surface area (Å²) < 4.78 is 11.3. The molecular weight excluding hydrogens is 270 g/mol. The topological polar surface area (TPSA) is 54.0 Å². The van der Waals surface area contributed by atoms with E-state index in [-0.39, 0.29) is 18.1 Å². The van der Waals surface area contributed by atoms with Crippen LogP contribution in [0, 0.1) is 0 Å². The molecule has 21 heavy (non-hydrogen) atoms. The van der Waals surface area contributed by atoms with Gasteiger partial charge in [0.2, 0.25) is 5.91 Å². The van der Waals surface area contributed by atoms with E-state index in [9.17, 15) is 4.79 Å².